The van der Waals surface area contributed by atoms with Gasteiger partial charge in [0.2, 0.25) is 6.41 Å². The first-order valence-corrected chi connectivity index (χ1v) is 9.60. The molecule has 3 heterocycles. The van der Waals surface area contributed by atoms with Gasteiger partial charge in [-0.3, -0.25) is 9.69 Å². The lowest BCUT2D eigenvalue weighted by molar-refractivity contribution is -0.106. The molecule has 1 amide bonds. The van der Waals surface area contributed by atoms with Crippen molar-refractivity contribution in [2.75, 3.05) is 18.4 Å². The van der Waals surface area contributed by atoms with Gasteiger partial charge in [-0.25, -0.2) is 4.98 Å². The van der Waals surface area contributed by atoms with Crippen LogP contribution in [-0.4, -0.2) is 29.4 Å². The summed E-state index contributed by atoms with van der Waals surface area (Å²) in [7, 11) is 0. The summed E-state index contributed by atoms with van der Waals surface area (Å²) < 4.78 is 0. The Hall–Kier alpha value is -2.44. The number of carbonyl (C=O) groups is 1. The number of pyridine rings is 1. The summed E-state index contributed by atoms with van der Waals surface area (Å²) in [6.45, 7) is 5.67. The van der Waals surface area contributed by atoms with Crippen molar-refractivity contribution in [3.8, 4) is 0 Å². The van der Waals surface area contributed by atoms with E-state index in [0.717, 1.165) is 22.9 Å². The summed E-state index contributed by atoms with van der Waals surface area (Å²) in [6.07, 6.45) is 2.94. The van der Waals surface area contributed by atoms with Gasteiger partial charge in [0.1, 0.15) is 10.6 Å². The van der Waals surface area contributed by atoms with E-state index < -0.39 is 0 Å². The highest BCUT2D eigenvalue weighted by Crippen LogP contribution is 2.26. The lowest BCUT2D eigenvalue weighted by atomic mass is 10.2. The quantitative estimate of drug-likeness (QED) is 0.682. The van der Waals surface area contributed by atoms with Crippen molar-refractivity contribution in [1.82, 2.24) is 9.88 Å². The van der Waals surface area contributed by atoms with E-state index in [1.54, 1.807) is 11.3 Å². The maximum Gasteiger partial charge on any atom is 0.204 e. The molecule has 136 valence electrons. The molecule has 3 N–H and O–H groups in total. The number of likely N-dealkylation sites (tertiary alicyclic amines) is 1. The van der Waals surface area contributed by atoms with E-state index in [-0.39, 0.29) is 6.41 Å². The molecule has 1 aliphatic heterocycles. The van der Waals surface area contributed by atoms with Crippen LogP contribution in [-0.2, 0) is 11.3 Å². The van der Waals surface area contributed by atoms with Crippen LogP contribution in [0.1, 0.15) is 23.3 Å². The predicted molar refractivity (Wildman–Crippen MR) is 109 cm³/mol. The fourth-order valence-electron chi connectivity index (χ4n) is 3.15. The Morgan fingerprint density at radius 1 is 1.19 bits per heavy atom. The van der Waals surface area contributed by atoms with Crippen LogP contribution in [0.3, 0.4) is 0 Å². The minimum Gasteiger partial charge on any atom is -0.372 e. The third kappa shape index (κ3) is 4.80. The van der Waals surface area contributed by atoms with E-state index >= 15 is 0 Å². The summed E-state index contributed by atoms with van der Waals surface area (Å²) in [6, 6.07) is 15.1. The van der Waals surface area contributed by atoms with Crippen molar-refractivity contribution in [3.05, 3.63) is 52.9 Å². The van der Waals surface area contributed by atoms with E-state index in [0.29, 0.717) is 0 Å². The Balaban J connectivity index is 0.000000613. The van der Waals surface area contributed by atoms with Crippen molar-refractivity contribution in [1.29, 1.82) is 0 Å². The van der Waals surface area contributed by atoms with Gasteiger partial charge in [0.25, 0.3) is 0 Å². The number of rotatable bonds is 4. The zero-order valence-corrected chi connectivity index (χ0v) is 15.8. The van der Waals surface area contributed by atoms with Gasteiger partial charge in [-0.15, -0.1) is 11.3 Å². The first-order chi connectivity index (χ1) is 12.7. The second-order valence-corrected chi connectivity index (χ2v) is 7.62. The molecule has 0 unspecified atom stereocenters. The van der Waals surface area contributed by atoms with E-state index in [1.165, 1.54) is 41.8 Å². The van der Waals surface area contributed by atoms with Crippen molar-refractivity contribution < 1.29 is 4.79 Å². The van der Waals surface area contributed by atoms with Crippen LogP contribution in [0.25, 0.3) is 10.2 Å². The minimum absolute atomic E-state index is 0.250. The number of fused-ring (bicyclic) bond motifs is 1. The van der Waals surface area contributed by atoms with Crippen LogP contribution in [0.2, 0.25) is 0 Å². The Bertz CT molecular complexity index is 854. The van der Waals surface area contributed by atoms with Crippen LogP contribution in [0.5, 0.6) is 0 Å². The normalized spacial score (nSPS) is 14.0. The van der Waals surface area contributed by atoms with Crippen LogP contribution < -0.4 is 11.1 Å². The number of amides is 1. The van der Waals surface area contributed by atoms with E-state index in [2.05, 4.69) is 59.3 Å². The third-order valence-corrected chi connectivity index (χ3v) is 5.30. The Morgan fingerprint density at radius 3 is 2.58 bits per heavy atom. The number of thiophene rings is 1. The summed E-state index contributed by atoms with van der Waals surface area (Å²) in [5, 5.41) is 4.63. The molecule has 0 atom stereocenters. The van der Waals surface area contributed by atoms with Gasteiger partial charge >= 0.3 is 0 Å². The fourth-order valence-corrected chi connectivity index (χ4v) is 4.03. The standard InChI is InChI=1S/C19H21N3S.CH3NO/c1-14-12-16-6-9-18(21-19(16)23-14)20-17-7-4-15(5-8-17)13-22-10-2-3-11-22;2-1-3/h4-9,12H,2-3,10-11,13H2,1H3,(H,20,21);1H,(H2,2,3). The van der Waals surface area contributed by atoms with E-state index in [1.807, 2.05) is 6.07 Å². The van der Waals surface area contributed by atoms with Crippen molar-refractivity contribution in [2.45, 2.75) is 26.3 Å². The molecular formula is C20H24N4OS. The van der Waals surface area contributed by atoms with Crippen LogP contribution in [0.15, 0.2) is 42.5 Å². The lowest BCUT2D eigenvalue weighted by Crippen LogP contribution is -2.18. The molecule has 0 aliphatic carbocycles. The Labute approximate surface area is 157 Å². The summed E-state index contributed by atoms with van der Waals surface area (Å²) in [5.41, 5.74) is 6.64. The molecule has 2 aromatic heterocycles. The molecule has 1 aromatic carbocycles. The summed E-state index contributed by atoms with van der Waals surface area (Å²) in [4.78, 5) is 18.2. The van der Waals surface area contributed by atoms with Gasteiger partial charge in [-0.05, 0) is 68.8 Å². The highest BCUT2D eigenvalue weighted by atomic mass is 32.1. The molecule has 5 nitrogen and oxygen atoms in total. The molecule has 6 heteroatoms. The zero-order valence-electron chi connectivity index (χ0n) is 14.9. The second-order valence-electron chi connectivity index (χ2n) is 6.39. The van der Waals surface area contributed by atoms with Gasteiger partial charge in [0.05, 0.1) is 0 Å². The first-order valence-electron chi connectivity index (χ1n) is 8.79. The number of anilines is 2. The average molecular weight is 369 g/mol. The zero-order chi connectivity index (χ0) is 18.4. The van der Waals surface area contributed by atoms with Crippen LogP contribution in [0.4, 0.5) is 11.5 Å². The van der Waals surface area contributed by atoms with E-state index in [9.17, 15) is 0 Å². The van der Waals surface area contributed by atoms with Crippen LogP contribution in [0, 0.1) is 6.92 Å². The van der Waals surface area contributed by atoms with Gasteiger partial charge in [-0.2, -0.15) is 0 Å². The summed E-state index contributed by atoms with van der Waals surface area (Å²) >= 11 is 1.74. The molecule has 0 saturated carbocycles. The van der Waals surface area contributed by atoms with Gasteiger partial charge < -0.3 is 11.1 Å². The number of hydrogen-bond acceptors (Lipinski definition) is 5. The number of nitrogens with zero attached hydrogens (tertiary/aromatic N) is 2. The van der Waals surface area contributed by atoms with Gasteiger partial charge in [0.15, 0.2) is 0 Å². The maximum absolute atomic E-state index is 8.58. The molecule has 0 bridgehead atoms. The number of aromatic nitrogens is 1. The smallest absolute Gasteiger partial charge is 0.204 e. The SMILES string of the molecule is Cc1cc2ccc(Nc3ccc(CN4CCCC4)cc3)nc2s1.NC=O. The number of hydrogen-bond donors (Lipinski definition) is 2. The van der Waals surface area contributed by atoms with Crippen molar-refractivity contribution in [2.24, 2.45) is 5.73 Å². The third-order valence-electron chi connectivity index (χ3n) is 4.34. The molecule has 3 aromatic rings. The molecule has 0 radical (unpaired) electrons. The number of primary amides is 1. The second kappa shape index (κ2) is 8.78. The number of aryl methyl sites for hydroxylation is 1. The van der Waals surface area contributed by atoms with Gasteiger partial charge in [0, 0.05) is 22.5 Å². The number of carbonyl (C=O) groups excluding carboxylic acids is 1. The molecule has 0 spiro atoms. The Morgan fingerprint density at radius 2 is 1.88 bits per heavy atom. The molecule has 26 heavy (non-hydrogen) atoms. The molecule has 1 aliphatic rings. The number of nitrogens with two attached hydrogens (primary N) is 1. The fraction of sp³-hybridized carbons (Fsp3) is 0.300. The van der Waals surface area contributed by atoms with Crippen LogP contribution >= 0.6 is 11.3 Å². The molecular weight excluding hydrogens is 344 g/mol. The highest BCUT2D eigenvalue weighted by Gasteiger charge is 2.11. The number of nitrogens with one attached hydrogen (secondary N) is 1. The first kappa shape index (κ1) is 18.4. The summed E-state index contributed by atoms with van der Waals surface area (Å²) in [5.74, 6) is 0.909. The average Bonchev–Trinajstić information content (AvgIpc) is 3.25. The van der Waals surface area contributed by atoms with Crippen molar-refractivity contribution in [3.63, 3.8) is 0 Å². The monoisotopic (exact) mass is 368 g/mol. The molecule has 1 fully saturated rings. The minimum atomic E-state index is 0.250. The van der Waals surface area contributed by atoms with Crippen molar-refractivity contribution >= 4 is 39.5 Å². The van der Waals surface area contributed by atoms with E-state index in [4.69, 9.17) is 9.78 Å². The molecule has 4 rings (SSSR count). The van der Waals surface area contributed by atoms with Gasteiger partial charge in [-0.1, -0.05) is 12.1 Å². The largest absolute Gasteiger partial charge is 0.372 e. The molecule has 1 saturated heterocycles. The predicted octanol–water partition coefficient (Wildman–Crippen LogP) is 4.05. The highest BCUT2D eigenvalue weighted by molar-refractivity contribution is 7.18. The topological polar surface area (TPSA) is 71.2 Å². The lowest BCUT2D eigenvalue weighted by Gasteiger charge is -2.14. The number of benzene rings is 1. The maximum atomic E-state index is 8.58. The Kier molecular flexibility index (Phi) is 6.20.